The van der Waals surface area contributed by atoms with E-state index in [-0.39, 0.29) is 5.60 Å². The number of nitrogens with one attached hydrogen (secondary N) is 1. The van der Waals surface area contributed by atoms with Gasteiger partial charge in [0.1, 0.15) is 0 Å². The summed E-state index contributed by atoms with van der Waals surface area (Å²) in [6.45, 7) is 1.66. The largest absolute Gasteiger partial charge is 0.377 e. The molecule has 1 heterocycles. The predicted molar refractivity (Wildman–Crippen MR) is 64.5 cm³/mol. The molecule has 1 N–H and O–H groups in total. The topological polar surface area (TPSA) is 34.1 Å². The molecule has 1 aliphatic carbocycles. The molecule has 0 aromatic carbocycles. The van der Waals surface area contributed by atoms with E-state index in [0.717, 1.165) is 36.5 Å². The van der Waals surface area contributed by atoms with Crippen molar-refractivity contribution in [3.05, 3.63) is 29.0 Å². The minimum atomic E-state index is 0.0690. The Hall–Kier alpha value is -0.640. The van der Waals surface area contributed by atoms with Crippen molar-refractivity contribution in [1.29, 1.82) is 0 Å². The molecule has 1 fully saturated rings. The molecule has 3 nitrogen and oxygen atoms in total. The molecule has 1 aromatic heterocycles. The van der Waals surface area contributed by atoms with E-state index in [4.69, 9.17) is 16.3 Å². The lowest BCUT2D eigenvalue weighted by molar-refractivity contribution is -0.0695. The highest BCUT2D eigenvalue weighted by molar-refractivity contribution is 6.31. The molecule has 0 radical (unpaired) electrons. The molecule has 0 unspecified atom stereocenters. The Morgan fingerprint density at radius 3 is 2.94 bits per heavy atom. The second kappa shape index (κ2) is 5.13. The van der Waals surface area contributed by atoms with E-state index in [2.05, 4.69) is 10.3 Å². The normalized spacial score (nSPS) is 18.1. The zero-order chi connectivity index (χ0) is 11.4. The Labute approximate surface area is 101 Å². The summed E-state index contributed by atoms with van der Waals surface area (Å²) in [4.78, 5) is 3.96. The van der Waals surface area contributed by atoms with Crippen molar-refractivity contribution >= 4 is 11.6 Å². The van der Waals surface area contributed by atoms with Gasteiger partial charge in [-0.1, -0.05) is 11.6 Å². The van der Waals surface area contributed by atoms with Gasteiger partial charge in [0.2, 0.25) is 0 Å². The van der Waals surface area contributed by atoms with Crippen molar-refractivity contribution in [3.8, 4) is 0 Å². The highest BCUT2D eigenvalue weighted by atomic mass is 35.5. The lowest BCUT2D eigenvalue weighted by Crippen LogP contribution is -2.47. The quantitative estimate of drug-likeness (QED) is 0.858. The summed E-state index contributed by atoms with van der Waals surface area (Å²) >= 11 is 6.02. The molecule has 4 heteroatoms. The first-order valence-electron chi connectivity index (χ1n) is 5.60. The SMILES string of the molecule is COC1(CNCc2ccncc2Cl)CCC1. The lowest BCUT2D eigenvalue weighted by atomic mass is 9.80. The second-order valence-electron chi connectivity index (χ2n) is 4.31. The van der Waals surface area contributed by atoms with Crippen LogP contribution < -0.4 is 5.32 Å². The van der Waals surface area contributed by atoms with Crippen LogP contribution in [-0.4, -0.2) is 24.2 Å². The van der Waals surface area contributed by atoms with Crippen molar-refractivity contribution in [3.63, 3.8) is 0 Å². The maximum absolute atomic E-state index is 6.02. The molecular formula is C12H17ClN2O. The smallest absolute Gasteiger partial charge is 0.0802 e. The third kappa shape index (κ3) is 2.54. The van der Waals surface area contributed by atoms with Gasteiger partial charge in [-0.25, -0.2) is 0 Å². The Kier molecular flexibility index (Phi) is 3.79. The van der Waals surface area contributed by atoms with Gasteiger partial charge in [-0.3, -0.25) is 4.98 Å². The molecule has 0 spiro atoms. The van der Waals surface area contributed by atoms with Crippen molar-refractivity contribution in [2.45, 2.75) is 31.4 Å². The second-order valence-corrected chi connectivity index (χ2v) is 4.72. The molecule has 1 aromatic rings. The monoisotopic (exact) mass is 240 g/mol. The minimum Gasteiger partial charge on any atom is -0.377 e. The van der Waals surface area contributed by atoms with Gasteiger partial charge in [-0.15, -0.1) is 0 Å². The van der Waals surface area contributed by atoms with Crippen molar-refractivity contribution in [2.75, 3.05) is 13.7 Å². The number of nitrogens with zero attached hydrogens (tertiary/aromatic N) is 1. The fraction of sp³-hybridized carbons (Fsp3) is 0.583. The maximum atomic E-state index is 6.02. The van der Waals surface area contributed by atoms with E-state index in [9.17, 15) is 0 Å². The summed E-state index contributed by atoms with van der Waals surface area (Å²) < 4.78 is 5.53. The Balaban J connectivity index is 1.82. The van der Waals surface area contributed by atoms with E-state index >= 15 is 0 Å². The minimum absolute atomic E-state index is 0.0690. The first-order valence-corrected chi connectivity index (χ1v) is 5.98. The average molecular weight is 241 g/mol. The molecule has 0 saturated heterocycles. The molecule has 1 saturated carbocycles. The standard InChI is InChI=1S/C12H17ClN2O/c1-16-12(4-2-5-12)9-15-7-10-3-6-14-8-11(10)13/h3,6,8,15H,2,4-5,7,9H2,1H3. The predicted octanol–water partition coefficient (Wildman–Crippen LogP) is 2.39. The summed E-state index contributed by atoms with van der Waals surface area (Å²) in [7, 11) is 1.79. The number of hydrogen-bond donors (Lipinski definition) is 1. The van der Waals surface area contributed by atoms with Gasteiger partial charge in [0.15, 0.2) is 0 Å². The van der Waals surface area contributed by atoms with Crippen LogP contribution in [0.15, 0.2) is 18.5 Å². The molecule has 88 valence electrons. The first kappa shape index (κ1) is 11.8. The summed E-state index contributed by atoms with van der Waals surface area (Å²) in [6.07, 6.45) is 7.01. The van der Waals surface area contributed by atoms with Crippen LogP contribution in [0, 0.1) is 0 Å². The zero-order valence-electron chi connectivity index (χ0n) is 9.50. The van der Waals surface area contributed by atoms with Gasteiger partial charge in [-0.05, 0) is 30.9 Å². The van der Waals surface area contributed by atoms with Crippen molar-refractivity contribution < 1.29 is 4.74 Å². The molecule has 16 heavy (non-hydrogen) atoms. The van der Waals surface area contributed by atoms with Crippen LogP contribution in [0.2, 0.25) is 5.02 Å². The third-order valence-electron chi connectivity index (χ3n) is 3.32. The number of methoxy groups -OCH3 is 1. The lowest BCUT2D eigenvalue weighted by Gasteiger charge is -2.40. The summed E-state index contributed by atoms with van der Waals surface area (Å²) in [6, 6.07) is 1.94. The fourth-order valence-corrected chi connectivity index (χ4v) is 2.18. The summed E-state index contributed by atoms with van der Waals surface area (Å²) in [5.41, 5.74) is 1.15. The molecule has 0 aliphatic heterocycles. The van der Waals surface area contributed by atoms with E-state index in [1.54, 1.807) is 19.5 Å². The van der Waals surface area contributed by atoms with Gasteiger partial charge in [-0.2, -0.15) is 0 Å². The molecule has 0 atom stereocenters. The average Bonchev–Trinajstić information content (AvgIpc) is 2.25. The fourth-order valence-electron chi connectivity index (χ4n) is 2.00. The third-order valence-corrected chi connectivity index (χ3v) is 3.66. The van der Waals surface area contributed by atoms with Crippen LogP contribution >= 0.6 is 11.6 Å². The Morgan fingerprint density at radius 2 is 2.38 bits per heavy atom. The molecule has 0 bridgehead atoms. The van der Waals surface area contributed by atoms with Crippen LogP contribution in [0.1, 0.15) is 24.8 Å². The van der Waals surface area contributed by atoms with Crippen LogP contribution in [-0.2, 0) is 11.3 Å². The Morgan fingerprint density at radius 1 is 1.56 bits per heavy atom. The van der Waals surface area contributed by atoms with Gasteiger partial charge in [0.25, 0.3) is 0 Å². The molecule has 0 amide bonds. The van der Waals surface area contributed by atoms with E-state index in [1.807, 2.05) is 6.07 Å². The van der Waals surface area contributed by atoms with Crippen LogP contribution in [0.4, 0.5) is 0 Å². The van der Waals surface area contributed by atoms with Gasteiger partial charge in [0, 0.05) is 32.6 Å². The Bertz CT molecular complexity index is 347. The first-order chi connectivity index (χ1) is 7.76. The number of pyridine rings is 1. The highest BCUT2D eigenvalue weighted by Crippen LogP contribution is 2.34. The van der Waals surface area contributed by atoms with Crippen LogP contribution in [0.5, 0.6) is 0 Å². The van der Waals surface area contributed by atoms with E-state index in [1.165, 1.54) is 6.42 Å². The summed E-state index contributed by atoms with van der Waals surface area (Å²) in [5, 5.41) is 4.12. The van der Waals surface area contributed by atoms with E-state index < -0.39 is 0 Å². The highest BCUT2D eigenvalue weighted by Gasteiger charge is 2.36. The molecular weight excluding hydrogens is 224 g/mol. The van der Waals surface area contributed by atoms with Gasteiger partial charge in [0.05, 0.1) is 10.6 Å². The number of aromatic nitrogens is 1. The van der Waals surface area contributed by atoms with Crippen molar-refractivity contribution in [1.82, 2.24) is 10.3 Å². The number of ether oxygens (including phenoxy) is 1. The van der Waals surface area contributed by atoms with E-state index in [0.29, 0.717) is 0 Å². The van der Waals surface area contributed by atoms with Crippen LogP contribution in [0.25, 0.3) is 0 Å². The molecule has 2 rings (SSSR count). The maximum Gasteiger partial charge on any atom is 0.0802 e. The number of halogens is 1. The van der Waals surface area contributed by atoms with Gasteiger partial charge >= 0.3 is 0 Å². The number of hydrogen-bond acceptors (Lipinski definition) is 3. The summed E-state index contributed by atoms with van der Waals surface area (Å²) in [5.74, 6) is 0. The van der Waals surface area contributed by atoms with Gasteiger partial charge < -0.3 is 10.1 Å². The van der Waals surface area contributed by atoms with Crippen LogP contribution in [0.3, 0.4) is 0 Å². The number of rotatable bonds is 5. The molecule has 1 aliphatic rings. The van der Waals surface area contributed by atoms with Crippen molar-refractivity contribution in [2.24, 2.45) is 0 Å². The zero-order valence-corrected chi connectivity index (χ0v) is 10.3.